The van der Waals surface area contributed by atoms with E-state index in [2.05, 4.69) is 28.9 Å². The van der Waals surface area contributed by atoms with Crippen molar-refractivity contribution in [2.24, 2.45) is 5.92 Å². The van der Waals surface area contributed by atoms with Gasteiger partial charge in [-0.1, -0.05) is 26.0 Å². The largest absolute Gasteiger partial charge is 0.336 e. The Morgan fingerprint density at radius 1 is 1.31 bits per heavy atom. The SMILES string of the molecule is Cc1cc(C(=O)N2CCCN(Cc3ccc(F)cc3)[C@H](C(C)C)C2)n[nH]1. The van der Waals surface area contributed by atoms with E-state index in [9.17, 15) is 9.18 Å². The van der Waals surface area contributed by atoms with Gasteiger partial charge in [0.15, 0.2) is 0 Å². The van der Waals surface area contributed by atoms with E-state index in [4.69, 9.17) is 0 Å². The first-order valence-electron chi connectivity index (χ1n) is 9.24. The lowest BCUT2D eigenvalue weighted by Crippen LogP contribution is -2.45. The zero-order valence-corrected chi connectivity index (χ0v) is 15.7. The molecule has 1 aliphatic heterocycles. The van der Waals surface area contributed by atoms with E-state index in [1.165, 1.54) is 12.1 Å². The summed E-state index contributed by atoms with van der Waals surface area (Å²) in [6.45, 7) is 9.38. The number of benzene rings is 1. The third kappa shape index (κ3) is 4.30. The lowest BCUT2D eigenvalue weighted by molar-refractivity contribution is 0.0696. The topological polar surface area (TPSA) is 52.2 Å². The van der Waals surface area contributed by atoms with Gasteiger partial charge in [0, 0.05) is 37.9 Å². The number of amides is 1. The number of hydrogen-bond donors (Lipinski definition) is 1. The van der Waals surface area contributed by atoms with E-state index in [-0.39, 0.29) is 17.8 Å². The molecule has 0 bridgehead atoms. The predicted octanol–water partition coefficient (Wildman–Crippen LogP) is 3.23. The highest BCUT2D eigenvalue weighted by Crippen LogP contribution is 2.21. The fourth-order valence-corrected chi connectivity index (χ4v) is 3.59. The number of nitrogens with one attached hydrogen (secondary N) is 1. The molecule has 2 heterocycles. The van der Waals surface area contributed by atoms with Gasteiger partial charge < -0.3 is 4.90 Å². The normalized spacial score (nSPS) is 19.0. The summed E-state index contributed by atoms with van der Waals surface area (Å²) in [5, 5.41) is 6.97. The summed E-state index contributed by atoms with van der Waals surface area (Å²) in [7, 11) is 0. The van der Waals surface area contributed by atoms with Crippen LogP contribution in [0, 0.1) is 18.7 Å². The van der Waals surface area contributed by atoms with Crippen LogP contribution >= 0.6 is 0 Å². The van der Waals surface area contributed by atoms with E-state index in [1.54, 1.807) is 6.07 Å². The average Bonchev–Trinajstić information content (AvgIpc) is 2.93. The molecular formula is C20H27FN4O. The van der Waals surface area contributed by atoms with Gasteiger partial charge in [-0.3, -0.25) is 14.8 Å². The summed E-state index contributed by atoms with van der Waals surface area (Å²) in [5.41, 5.74) is 2.47. The minimum atomic E-state index is -0.212. The summed E-state index contributed by atoms with van der Waals surface area (Å²) in [5.74, 6) is 0.185. The third-order valence-electron chi connectivity index (χ3n) is 5.03. The Kier molecular flexibility index (Phi) is 5.71. The van der Waals surface area contributed by atoms with Crippen molar-refractivity contribution in [3.05, 3.63) is 53.1 Å². The minimum Gasteiger partial charge on any atom is -0.336 e. The Balaban J connectivity index is 1.74. The van der Waals surface area contributed by atoms with Gasteiger partial charge in [0.05, 0.1) is 0 Å². The molecule has 0 radical (unpaired) electrons. The number of aryl methyl sites for hydroxylation is 1. The standard InChI is InChI=1S/C20H27FN4O/c1-14(2)19-13-25(20(26)18-11-15(3)22-23-18)10-4-9-24(19)12-16-5-7-17(21)8-6-16/h5-8,11,14,19H,4,9-10,12-13H2,1-3H3,(H,22,23)/t19-/m0/s1. The second kappa shape index (κ2) is 7.99. The first-order chi connectivity index (χ1) is 12.4. The van der Waals surface area contributed by atoms with Crippen molar-refractivity contribution in [1.29, 1.82) is 0 Å². The quantitative estimate of drug-likeness (QED) is 0.913. The molecule has 5 nitrogen and oxygen atoms in total. The molecule has 1 fully saturated rings. The maximum Gasteiger partial charge on any atom is 0.274 e. The van der Waals surface area contributed by atoms with Gasteiger partial charge in [-0.15, -0.1) is 0 Å². The lowest BCUT2D eigenvalue weighted by atomic mass is 10.0. The molecule has 1 aliphatic rings. The van der Waals surface area contributed by atoms with Crippen LogP contribution in [0.15, 0.2) is 30.3 Å². The molecule has 1 aromatic heterocycles. The van der Waals surface area contributed by atoms with Gasteiger partial charge in [-0.2, -0.15) is 5.10 Å². The summed E-state index contributed by atoms with van der Waals surface area (Å²) in [4.78, 5) is 17.2. The molecule has 1 amide bonds. The summed E-state index contributed by atoms with van der Waals surface area (Å²) < 4.78 is 13.2. The predicted molar refractivity (Wildman–Crippen MR) is 99.3 cm³/mol. The molecule has 6 heteroatoms. The van der Waals surface area contributed by atoms with Crippen LogP contribution in [-0.2, 0) is 6.54 Å². The van der Waals surface area contributed by atoms with Crippen LogP contribution in [0.3, 0.4) is 0 Å². The Morgan fingerprint density at radius 2 is 2.04 bits per heavy atom. The van der Waals surface area contributed by atoms with Gasteiger partial charge in [0.2, 0.25) is 0 Å². The van der Waals surface area contributed by atoms with E-state index < -0.39 is 0 Å². The van der Waals surface area contributed by atoms with Crippen molar-refractivity contribution in [3.63, 3.8) is 0 Å². The second-order valence-corrected chi connectivity index (χ2v) is 7.45. The fourth-order valence-electron chi connectivity index (χ4n) is 3.59. The molecular weight excluding hydrogens is 331 g/mol. The maximum absolute atomic E-state index is 13.2. The maximum atomic E-state index is 13.2. The number of nitrogens with zero attached hydrogens (tertiary/aromatic N) is 3. The Bertz CT molecular complexity index is 741. The van der Waals surface area contributed by atoms with Crippen LogP contribution in [0.2, 0.25) is 0 Å². The smallest absolute Gasteiger partial charge is 0.274 e. The third-order valence-corrected chi connectivity index (χ3v) is 5.03. The molecule has 1 saturated heterocycles. The Morgan fingerprint density at radius 3 is 2.65 bits per heavy atom. The zero-order valence-electron chi connectivity index (χ0n) is 15.7. The number of hydrogen-bond acceptors (Lipinski definition) is 3. The number of aromatic nitrogens is 2. The molecule has 0 unspecified atom stereocenters. The first-order valence-corrected chi connectivity index (χ1v) is 9.24. The van der Waals surface area contributed by atoms with E-state index >= 15 is 0 Å². The summed E-state index contributed by atoms with van der Waals surface area (Å²) in [6.07, 6.45) is 0.916. The molecule has 140 valence electrons. The summed E-state index contributed by atoms with van der Waals surface area (Å²) in [6, 6.07) is 8.75. The molecule has 1 aromatic carbocycles. The molecule has 26 heavy (non-hydrogen) atoms. The van der Waals surface area contributed by atoms with Crippen LogP contribution in [0.5, 0.6) is 0 Å². The molecule has 0 aliphatic carbocycles. The Hall–Kier alpha value is -2.21. The highest BCUT2D eigenvalue weighted by Gasteiger charge is 2.30. The highest BCUT2D eigenvalue weighted by atomic mass is 19.1. The van der Waals surface area contributed by atoms with E-state index in [0.29, 0.717) is 18.2 Å². The molecule has 3 rings (SSSR count). The Labute approximate surface area is 154 Å². The van der Waals surface area contributed by atoms with Gasteiger partial charge in [0.1, 0.15) is 11.5 Å². The van der Waals surface area contributed by atoms with Gasteiger partial charge in [-0.25, -0.2) is 4.39 Å². The van der Waals surface area contributed by atoms with Gasteiger partial charge >= 0.3 is 0 Å². The van der Waals surface area contributed by atoms with Crippen LogP contribution in [0.4, 0.5) is 4.39 Å². The molecule has 0 spiro atoms. The van der Waals surface area contributed by atoms with Crippen molar-refractivity contribution in [1.82, 2.24) is 20.0 Å². The second-order valence-electron chi connectivity index (χ2n) is 7.45. The van der Waals surface area contributed by atoms with Crippen molar-refractivity contribution < 1.29 is 9.18 Å². The van der Waals surface area contributed by atoms with Gasteiger partial charge in [-0.05, 0) is 43.0 Å². The minimum absolute atomic E-state index is 0.0105. The van der Waals surface area contributed by atoms with Crippen molar-refractivity contribution in [2.75, 3.05) is 19.6 Å². The van der Waals surface area contributed by atoms with Crippen molar-refractivity contribution in [3.8, 4) is 0 Å². The molecule has 1 N–H and O–H groups in total. The van der Waals surface area contributed by atoms with Crippen molar-refractivity contribution in [2.45, 2.75) is 39.8 Å². The zero-order chi connectivity index (χ0) is 18.7. The van der Waals surface area contributed by atoms with E-state index in [1.807, 2.05) is 24.0 Å². The molecule has 1 atom stereocenters. The number of halogens is 1. The van der Waals surface area contributed by atoms with Crippen LogP contribution in [0.1, 0.15) is 42.0 Å². The lowest BCUT2D eigenvalue weighted by Gasteiger charge is -2.34. The number of aromatic amines is 1. The average molecular weight is 358 g/mol. The highest BCUT2D eigenvalue weighted by molar-refractivity contribution is 5.92. The van der Waals surface area contributed by atoms with Crippen LogP contribution in [0.25, 0.3) is 0 Å². The van der Waals surface area contributed by atoms with Gasteiger partial charge in [0.25, 0.3) is 5.91 Å². The van der Waals surface area contributed by atoms with Crippen LogP contribution < -0.4 is 0 Å². The van der Waals surface area contributed by atoms with Crippen LogP contribution in [-0.4, -0.2) is 51.6 Å². The number of carbonyl (C=O) groups is 1. The fraction of sp³-hybridized carbons (Fsp3) is 0.500. The first kappa shape index (κ1) is 18.6. The molecule has 0 saturated carbocycles. The number of rotatable bonds is 4. The number of H-pyrrole nitrogens is 1. The van der Waals surface area contributed by atoms with E-state index in [0.717, 1.165) is 37.3 Å². The number of carbonyl (C=O) groups excluding carboxylic acids is 1. The van der Waals surface area contributed by atoms with Crippen molar-refractivity contribution >= 4 is 5.91 Å². The molecule has 2 aromatic rings. The monoisotopic (exact) mass is 358 g/mol. The summed E-state index contributed by atoms with van der Waals surface area (Å²) >= 11 is 0.